The Hall–Kier alpha value is -2.53. The highest BCUT2D eigenvalue weighted by Crippen LogP contribution is 2.39. The predicted molar refractivity (Wildman–Crippen MR) is 348 cm³/mol. The Balaban J connectivity index is 1.57. The normalized spacial score (nSPS) is 28.3. The monoisotopic (exact) mass is 1320 g/mol. The quantitative estimate of drug-likeness (QED) is 0.0214. The van der Waals surface area contributed by atoms with Gasteiger partial charge in [0.15, 0.2) is 12.6 Å². The van der Waals surface area contributed by atoms with Gasteiger partial charge in [0, 0.05) is 19.8 Å². The fourth-order valence-corrected chi connectivity index (χ4v) is 12.7. The second-order valence-electron chi connectivity index (χ2n) is 26.5. The molecule has 14 N–H and O–H groups in total. The predicted octanol–water partition coefficient (Wildman–Crippen LogP) is 7.07. The van der Waals surface area contributed by atoms with Crippen molar-refractivity contribution in [3.05, 3.63) is 12.2 Å². The fraction of sp³-hybridized carbons (Fsp3) is 0.928. The number of rotatable bonds is 55. The number of aliphatic carboxylic acids is 1. The van der Waals surface area contributed by atoms with Crippen molar-refractivity contribution in [2.75, 3.05) is 26.4 Å². The number of carboxylic acids is 1. The minimum absolute atomic E-state index is 0.220. The summed E-state index contributed by atoms with van der Waals surface area (Å²) in [5.41, 5.74) is 0. The molecule has 0 spiro atoms. The van der Waals surface area contributed by atoms with E-state index in [0.29, 0.717) is 19.3 Å². The molecule has 3 rings (SSSR count). The molecule has 92 heavy (non-hydrogen) atoms. The summed E-state index contributed by atoms with van der Waals surface area (Å²) in [6.07, 6.45) is 19.2. The van der Waals surface area contributed by atoms with E-state index in [1.807, 2.05) is 0 Å². The number of aliphatic hydroxyl groups excluding tert-OH is 11. The van der Waals surface area contributed by atoms with Crippen LogP contribution in [0.25, 0.3) is 0 Å². The zero-order chi connectivity index (χ0) is 67.5. The molecule has 0 aromatic heterocycles. The van der Waals surface area contributed by atoms with E-state index in [-0.39, 0.29) is 18.9 Å². The van der Waals surface area contributed by atoms with Crippen molar-refractivity contribution in [3.63, 3.8) is 0 Å². The first kappa shape index (κ1) is 83.7. The van der Waals surface area contributed by atoms with Gasteiger partial charge in [-0.15, -0.1) is 0 Å². The molecule has 3 fully saturated rings. The lowest BCUT2D eigenvalue weighted by Crippen LogP contribution is -2.70. The molecule has 0 aliphatic carbocycles. The molecule has 3 aliphatic rings. The molecule has 18 atom stereocenters. The topological polar surface area (TPSA) is 373 Å². The van der Waals surface area contributed by atoms with Crippen LogP contribution in [0.4, 0.5) is 0 Å². The van der Waals surface area contributed by atoms with Crippen molar-refractivity contribution in [1.29, 1.82) is 0 Å². The van der Waals surface area contributed by atoms with Gasteiger partial charge in [0.25, 0.3) is 5.79 Å². The average molecular weight is 1320 g/mol. The van der Waals surface area contributed by atoms with Crippen LogP contribution in [-0.2, 0) is 42.8 Å². The van der Waals surface area contributed by atoms with E-state index in [0.717, 1.165) is 84.0 Å². The molecule has 0 radical (unpaired) electrons. The molecular formula is C69H128N2O21. The number of carboxylic acid groups (broad SMARTS) is 1. The number of hydrogen-bond acceptors (Lipinski definition) is 20. The van der Waals surface area contributed by atoms with Gasteiger partial charge < -0.3 is 100 Å². The minimum Gasteiger partial charge on any atom is -0.477 e. The highest BCUT2D eigenvalue weighted by atomic mass is 16.8. The molecule has 0 aromatic carbocycles. The van der Waals surface area contributed by atoms with Gasteiger partial charge in [0.05, 0.1) is 50.7 Å². The summed E-state index contributed by atoms with van der Waals surface area (Å²) in [6, 6.07) is -2.53. The molecule has 3 saturated heterocycles. The lowest BCUT2D eigenvalue weighted by Gasteiger charge is -2.50. The standard InChI is InChI=1S/C69H128N2O21/c1-4-6-8-10-12-14-16-18-20-22-23-24-25-26-27-29-31-33-35-37-39-41-43-56(79)71-50(51(76)42-40-38-36-34-32-30-28-21-19-17-15-13-11-9-7-5-2)48-87-66-61(83)60(82)63(55(47-74)89-66)90-67-62(84)65(59(81)54(46-73)88-67)92-69(68(85)86)44-52(77)57(70-49(3)75)64(91-69)58(80)53(78)45-72/h25-26,50-55,57-67,72-74,76-78,80-84H,4-24,27-48H2,1-3H3,(H,70,75)(H,71,79)(H,85,86)/b26-25-. The second-order valence-corrected chi connectivity index (χ2v) is 26.5. The van der Waals surface area contributed by atoms with Crippen LogP contribution in [-0.4, -0.2) is 215 Å². The van der Waals surface area contributed by atoms with Crippen molar-refractivity contribution in [3.8, 4) is 0 Å². The van der Waals surface area contributed by atoms with Crippen molar-refractivity contribution in [1.82, 2.24) is 10.6 Å². The van der Waals surface area contributed by atoms with Crippen LogP contribution in [0, 0.1) is 0 Å². The number of unbranched alkanes of at least 4 members (excludes halogenated alkanes) is 33. The van der Waals surface area contributed by atoms with Crippen molar-refractivity contribution >= 4 is 17.8 Å². The van der Waals surface area contributed by atoms with Crippen LogP contribution in [0.5, 0.6) is 0 Å². The molecular weight excluding hydrogens is 1190 g/mol. The van der Waals surface area contributed by atoms with E-state index >= 15 is 0 Å². The average Bonchev–Trinajstić information content (AvgIpc) is 0.779. The van der Waals surface area contributed by atoms with Gasteiger partial charge in [-0.3, -0.25) is 9.59 Å². The van der Waals surface area contributed by atoms with Gasteiger partial charge in [-0.2, -0.15) is 0 Å². The Morgan fingerprint density at radius 1 is 0.554 bits per heavy atom. The third-order valence-corrected chi connectivity index (χ3v) is 18.5. The summed E-state index contributed by atoms with van der Waals surface area (Å²) in [4.78, 5) is 38.6. The molecule has 23 heteroatoms. The molecule has 3 aliphatic heterocycles. The number of aliphatic hydroxyl groups is 11. The van der Waals surface area contributed by atoms with E-state index in [9.17, 15) is 75.7 Å². The first-order chi connectivity index (χ1) is 44.4. The molecule has 540 valence electrons. The molecule has 0 aromatic rings. The van der Waals surface area contributed by atoms with Crippen molar-refractivity contribution < 1.29 is 104 Å². The maximum atomic E-state index is 13.5. The van der Waals surface area contributed by atoms with E-state index in [1.54, 1.807) is 0 Å². The SMILES string of the molecule is CCCCCCCCCCCCC/C=C\CCCCCCCCCC(=O)NC(COC1OC(CO)C(OC2OC(CO)C(O)C(OC3(C(=O)O)CC(O)C(NC(C)=O)C(C(O)C(O)CO)O3)C2O)C(O)C1O)C(O)CCCCCCCCCCCCCCCCCC. The summed E-state index contributed by atoms with van der Waals surface area (Å²) in [5.74, 6) is -6.10. The number of amides is 2. The van der Waals surface area contributed by atoms with Crippen LogP contribution in [0.1, 0.15) is 271 Å². The third-order valence-electron chi connectivity index (χ3n) is 18.5. The zero-order valence-electron chi connectivity index (χ0n) is 56.4. The summed E-state index contributed by atoms with van der Waals surface area (Å²) >= 11 is 0. The van der Waals surface area contributed by atoms with E-state index < -0.39 is 148 Å². The number of carbonyl (C=O) groups excluding carboxylic acids is 2. The number of ether oxygens (including phenoxy) is 6. The Morgan fingerprint density at radius 3 is 1.47 bits per heavy atom. The lowest BCUT2D eigenvalue weighted by molar-refractivity contribution is -0.386. The highest BCUT2D eigenvalue weighted by Gasteiger charge is 2.60. The van der Waals surface area contributed by atoms with Crippen LogP contribution in [0.2, 0.25) is 0 Å². The van der Waals surface area contributed by atoms with Crippen LogP contribution in [0.15, 0.2) is 12.2 Å². The minimum atomic E-state index is -3.08. The number of carbonyl (C=O) groups is 3. The van der Waals surface area contributed by atoms with Crippen LogP contribution in [0.3, 0.4) is 0 Å². The smallest absolute Gasteiger partial charge is 0.364 e. The summed E-state index contributed by atoms with van der Waals surface area (Å²) in [6.45, 7) is 2.22. The number of allylic oxidation sites excluding steroid dienone is 2. The molecule has 23 nitrogen and oxygen atoms in total. The summed E-state index contributed by atoms with van der Waals surface area (Å²) < 4.78 is 34.9. The van der Waals surface area contributed by atoms with Gasteiger partial charge in [0.2, 0.25) is 11.8 Å². The molecule has 2 amide bonds. The Labute approximate surface area is 550 Å². The van der Waals surface area contributed by atoms with E-state index in [2.05, 4.69) is 36.6 Å². The largest absolute Gasteiger partial charge is 0.477 e. The van der Waals surface area contributed by atoms with Gasteiger partial charge in [-0.25, -0.2) is 4.79 Å². The molecule has 0 bridgehead atoms. The third kappa shape index (κ3) is 31.8. The van der Waals surface area contributed by atoms with Gasteiger partial charge in [-0.05, 0) is 38.5 Å². The zero-order valence-corrected chi connectivity index (χ0v) is 56.4. The van der Waals surface area contributed by atoms with Crippen molar-refractivity contribution in [2.24, 2.45) is 0 Å². The number of hydrogen-bond donors (Lipinski definition) is 14. The summed E-state index contributed by atoms with van der Waals surface area (Å²) in [7, 11) is 0. The van der Waals surface area contributed by atoms with Crippen molar-refractivity contribution in [2.45, 2.75) is 381 Å². The highest BCUT2D eigenvalue weighted by molar-refractivity contribution is 5.77. The Bertz CT molecular complexity index is 1910. The summed E-state index contributed by atoms with van der Waals surface area (Å²) in [5, 5.41) is 136. The first-order valence-electron chi connectivity index (χ1n) is 36.0. The Kier molecular flexibility index (Phi) is 45.4. The maximum absolute atomic E-state index is 13.5. The Morgan fingerprint density at radius 2 is 1.01 bits per heavy atom. The van der Waals surface area contributed by atoms with Crippen LogP contribution < -0.4 is 10.6 Å². The maximum Gasteiger partial charge on any atom is 0.364 e. The lowest BCUT2D eigenvalue weighted by atomic mass is 9.88. The van der Waals surface area contributed by atoms with Gasteiger partial charge in [0.1, 0.15) is 67.1 Å². The molecule has 18 unspecified atom stereocenters. The van der Waals surface area contributed by atoms with E-state index in [1.165, 1.54) is 141 Å². The first-order valence-corrected chi connectivity index (χ1v) is 36.0. The molecule has 0 saturated carbocycles. The second kappa shape index (κ2) is 49.9. The van der Waals surface area contributed by atoms with Gasteiger partial charge >= 0.3 is 5.97 Å². The van der Waals surface area contributed by atoms with E-state index in [4.69, 9.17) is 28.4 Å². The van der Waals surface area contributed by atoms with Crippen LogP contribution >= 0.6 is 0 Å². The molecule has 3 heterocycles. The fourth-order valence-electron chi connectivity index (χ4n) is 12.7. The van der Waals surface area contributed by atoms with Gasteiger partial charge in [-0.1, -0.05) is 225 Å². The number of nitrogens with one attached hydrogen (secondary N) is 2.